The van der Waals surface area contributed by atoms with Gasteiger partial charge in [-0.3, -0.25) is 37.3 Å². The van der Waals surface area contributed by atoms with Gasteiger partial charge in [0.15, 0.2) is 12.2 Å². The highest BCUT2D eigenvalue weighted by atomic mass is 31.2. The third-order valence-corrected chi connectivity index (χ3v) is 20.9. The van der Waals surface area contributed by atoms with Gasteiger partial charge in [0.05, 0.1) is 26.4 Å². The summed E-state index contributed by atoms with van der Waals surface area (Å²) in [5.74, 6) is 1.02. The lowest BCUT2D eigenvalue weighted by Gasteiger charge is -2.21. The first-order chi connectivity index (χ1) is 47.2. The molecule has 0 aliphatic carbocycles. The van der Waals surface area contributed by atoms with Crippen LogP contribution in [0.3, 0.4) is 0 Å². The van der Waals surface area contributed by atoms with Crippen LogP contribution in [0.25, 0.3) is 0 Å². The second kappa shape index (κ2) is 68.2. The first-order valence-corrected chi connectivity index (χ1v) is 43.8. The minimum absolute atomic E-state index is 0.106. The number of aliphatic hydroxyl groups excluding tert-OH is 1. The standard InChI is InChI=1S/C79H154O17P2/c1-9-71(7)57-49-41-33-27-21-13-11-12-14-22-28-34-43-51-59-76(81)89-65-74(95-78(83)61-53-45-35-29-23-17-15-19-25-31-39-47-55-69(3)4)67-93-97(85,86)91-63-73(80)64-92-98(87,88)94-68-75(66-90-77(82)60-52-44-38-37-42-50-58-72(8)10-2)96-79(84)62-54-46-36-30-24-18-16-20-26-32-40-48-56-70(5)6/h69-75,80H,9-68H2,1-8H3,(H,85,86)(H,87,88)/t71?,72?,73-,74-,75-/m1/s1. The van der Waals surface area contributed by atoms with Crippen molar-refractivity contribution in [3.63, 3.8) is 0 Å². The SMILES string of the molecule is CCC(C)CCCCCCCCCCCCCCCCC(=O)OC[C@H](COP(=O)(O)OC[C@@H](O)COP(=O)(O)OC[C@@H](COC(=O)CCCCCCCCC(C)CC)OC(=O)CCCCCCCCCCCCCCC(C)C)OC(=O)CCCCCCCCCCCCCCC(C)C. The van der Waals surface area contributed by atoms with E-state index >= 15 is 0 Å². The van der Waals surface area contributed by atoms with Gasteiger partial charge in [-0.2, -0.15) is 0 Å². The van der Waals surface area contributed by atoms with Gasteiger partial charge in [-0.15, -0.1) is 0 Å². The number of phosphoric acid groups is 2. The molecule has 0 aromatic rings. The Morgan fingerprint density at radius 3 is 0.724 bits per heavy atom. The molecule has 0 aromatic heterocycles. The topological polar surface area (TPSA) is 237 Å². The van der Waals surface area contributed by atoms with Crippen molar-refractivity contribution < 1.29 is 80.2 Å². The Kier molecular flexibility index (Phi) is 66.8. The number of hydrogen-bond acceptors (Lipinski definition) is 15. The van der Waals surface area contributed by atoms with Gasteiger partial charge in [0, 0.05) is 25.7 Å². The second-order valence-electron chi connectivity index (χ2n) is 29.9. The van der Waals surface area contributed by atoms with Gasteiger partial charge in [-0.1, -0.05) is 351 Å². The number of unbranched alkanes of at least 4 members (excludes halogenated alkanes) is 40. The number of rotatable bonds is 76. The van der Waals surface area contributed by atoms with Crippen molar-refractivity contribution >= 4 is 39.5 Å². The molecule has 0 bridgehead atoms. The summed E-state index contributed by atoms with van der Waals surface area (Å²) in [5.41, 5.74) is 0. The van der Waals surface area contributed by atoms with Gasteiger partial charge in [-0.05, 0) is 49.4 Å². The van der Waals surface area contributed by atoms with Crippen LogP contribution < -0.4 is 0 Å². The highest BCUT2D eigenvalue weighted by Gasteiger charge is 2.30. The largest absolute Gasteiger partial charge is 0.472 e. The molecule has 0 heterocycles. The molecule has 0 spiro atoms. The Morgan fingerprint density at radius 1 is 0.286 bits per heavy atom. The van der Waals surface area contributed by atoms with Gasteiger partial charge in [0.1, 0.15) is 19.3 Å². The predicted molar refractivity (Wildman–Crippen MR) is 400 cm³/mol. The Balaban J connectivity index is 5.25. The summed E-state index contributed by atoms with van der Waals surface area (Å²) >= 11 is 0. The van der Waals surface area contributed by atoms with E-state index in [1.54, 1.807) is 0 Å². The van der Waals surface area contributed by atoms with Gasteiger partial charge in [-0.25, -0.2) is 9.13 Å². The lowest BCUT2D eigenvalue weighted by molar-refractivity contribution is -0.161. The van der Waals surface area contributed by atoms with E-state index in [4.69, 9.17) is 37.0 Å². The first kappa shape index (κ1) is 96.1. The van der Waals surface area contributed by atoms with E-state index in [0.29, 0.717) is 25.7 Å². The number of esters is 4. The summed E-state index contributed by atoms with van der Waals surface area (Å²) in [6.45, 7) is 14.3. The van der Waals surface area contributed by atoms with Crippen LogP contribution >= 0.6 is 15.6 Å². The Hall–Kier alpha value is -1.94. The highest BCUT2D eigenvalue weighted by molar-refractivity contribution is 7.47. The third kappa shape index (κ3) is 69.8. The zero-order chi connectivity index (χ0) is 72.4. The molecule has 4 unspecified atom stereocenters. The minimum atomic E-state index is -4.96. The van der Waals surface area contributed by atoms with Crippen LogP contribution in [0.2, 0.25) is 0 Å². The molecule has 0 radical (unpaired) electrons. The fourth-order valence-corrected chi connectivity index (χ4v) is 13.6. The lowest BCUT2D eigenvalue weighted by Crippen LogP contribution is -2.30. The summed E-state index contributed by atoms with van der Waals surface area (Å²) in [4.78, 5) is 73.0. The maximum Gasteiger partial charge on any atom is 0.472 e. The minimum Gasteiger partial charge on any atom is -0.462 e. The summed E-state index contributed by atoms with van der Waals surface area (Å²) in [5, 5.41) is 10.6. The molecular weight excluding hydrogens is 1280 g/mol. The normalized spacial score (nSPS) is 14.6. The Morgan fingerprint density at radius 2 is 0.490 bits per heavy atom. The Bertz CT molecular complexity index is 1920. The van der Waals surface area contributed by atoms with Crippen molar-refractivity contribution in [3.05, 3.63) is 0 Å². The van der Waals surface area contributed by atoms with Gasteiger partial charge in [0.2, 0.25) is 0 Å². The van der Waals surface area contributed by atoms with E-state index in [1.165, 1.54) is 199 Å². The molecule has 0 amide bonds. The van der Waals surface area contributed by atoms with Gasteiger partial charge < -0.3 is 33.8 Å². The van der Waals surface area contributed by atoms with Crippen LogP contribution in [-0.2, 0) is 65.4 Å². The van der Waals surface area contributed by atoms with Crippen molar-refractivity contribution in [2.45, 2.75) is 420 Å². The summed E-state index contributed by atoms with van der Waals surface area (Å²) in [6.07, 6.45) is 54.0. The number of carbonyl (C=O) groups is 4. The van der Waals surface area contributed by atoms with Crippen LogP contribution in [0.1, 0.15) is 402 Å². The molecule has 0 saturated carbocycles. The monoisotopic (exact) mass is 1440 g/mol. The molecule has 17 nitrogen and oxygen atoms in total. The average molecular weight is 1440 g/mol. The summed E-state index contributed by atoms with van der Waals surface area (Å²) in [7, 11) is -9.92. The van der Waals surface area contributed by atoms with Gasteiger partial charge >= 0.3 is 39.5 Å². The van der Waals surface area contributed by atoms with Crippen LogP contribution in [0.4, 0.5) is 0 Å². The molecule has 98 heavy (non-hydrogen) atoms. The van der Waals surface area contributed by atoms with Crippen molar-refractivity contribution in [1.82, 2.24) is 0 Å². The molecular formula is C79H154O17P2. The maximum atomic E-state index is 13.1. The highest BCUT2D eigenvalue weighted by Crippen LogP contribution is 2.45. The molecule has 19 heteroatoms. The van der Waals surface area contributed by atoms with E-state index < -0.39 is 97.5 Å². The smallest absolute Gasteiger partial charge is 0.462 e. The molecule has 0 saturated heterocycles. The van der Waals surface area contributed by atoms with E-state index in [-0.39, 0.29) is 25.7 Å². The number of carbonyl (C=O) groups excluding carboxylic acids is 4. The van der Waals surface area contributed by atoms with Crippen LogP contribution in [0.5, 0.6) is 0 Å². The van der Waals surface area contributed by atoms with Crippen LogP contribution in [0.15, 0.2) is 0 Å². The first-order valence-electron chi connectivity index (χ1n) is 40.8. The fourth-order valence-electron chi connectivity index (χ4n) is 12.0. The number of ether oxygens (including phenoxy) is 4. The molecule has 3 N–H and O–H groups in total. The zero-order valence-corrected chi connectivity index (χ0v) is 66.2. The average Bonchev–Trinajstić information content (AvgIpc) is 0.937. The molecule has 0 aliphatic rings. The zero-order valence-electron chi connectivity index (χ0n) is 64.4. The fraction of sp³-hybridized carbons (Fsp3) is 0.949. The van der Waals surface area contributed by atoms with Crippen molar-refractivity contribution in [3.8, 4) is 0 Å². The molecule has 0 fully saturated rings. The number of aliphatic hydroxyl groups is 1. The van der Waals surface area contributed by atoms with Crippen molar-refractivity contribution in [2.24, 2.45) is 23.7 Å². The molecule has 0 rings (SSSR count). The van der Waals surface area contributed by atoms with E-state index in [9.17, 15) is 43.2 Å². The van der Waals surface area contributed by atoms with E-state index in [0.717, 1.165) is 120 Å². The van der Waals surface area contributed by atoms with E-state index in [1.807, 2.05) is 0 Å². The molecule has 7 atom stereocenters. The number of hydrogen-bond donors (Lipinski definition) is 3. The number of phosphoric ester groups is 2. The maximum absolute atomic E-state index is 13.1. The molecule has 582 valence electrons. The van der Waals surface area contributed by atoms with Gasteiger partial charge in [0.25, 0.3) is 0 Å². The van der Waals surface area contributed by atoms with Crippen LogP contribution in [-0.4, -0.2) is 96.7 Å². The van der Waals surface area contributed by atoms with Crippen LogP contribution in [0, 0.1) is 23.7 Å². The Labute approximate surface area is 600 Å². The molecule has 0 aromatic carbocycles. The third-order valence-electron chi connectivity index (χ3n) is 19.0. The predicted octanol–water partition coefficient (Wildman–Crippen LogP) is 23.2. The summed E-state index contributed by atoms with van der Waals surface area (Å²) in [6, 6.07) is 0. The molecule has 0 aliphatic heterocycles. The quantitative estimate of drug-likeness (QED) is 0.0222. The second-order valence-corrected chi connectivity index (χ2v) is 32.8. The van der Waals surface area contributed by atoms with Crippen molar-refractivity contribution in [2.75, 3.05) is 39.6 Å². The lowest BCUT2D eigenvalue weighted by atomic mass is 9.99. The van der Waals surface area contributed by atoms with Crippen molar-refractivity contribution in [1.29, 1.82) is 0 Å². The van der Waals surface area contributed by atoms with E-state index in [2.05, 4.69) is 55.4 Å². The summed E-state index contributed by atoms with van der Waals surface area (Å²) < 4.78 is 68.7.